The smallest absolute Gasteiger partial charge is 0.194 e. The predicted molar refractivity (Wildman–Crippen MR) is 75.3 cm³/mol. The van der Waals surface area contributed by atoms with Crippen LogP contribution in [0.1, 0.15) is 22.6 Å². The number of aromatic nitrogens is 2. The van der Waals surface area contributed by atoms with Crippen molar-refractivity contribution in [2.24, 2.45) is 0 Å². The van der Waals surface area contributed by atoms with E-state index in [1.165, 1.54) is 41.0 Å². The van der Waals surface area contributed by atoms with Crippen molar-refractivity contribution in [1.82, 2.24) is 9.38 Å². The summed E-state index contributed by atoms with van der Waals surface area (Å²) < 4.78 is 2.30. The maximum atomic E-state index is 4.79. The lowest BCUT2D eigenvalue weighted by Crippen LogP contribution is -1.85. The largest absolute Gasteiger partial charge is 0.294 e. The minimum absolute atomic E-state index is 1.11. The Morgan fingerprint density at radius 2 is 2.11 bits per heavy atom. The van der Waals surface area contributed by atoms with Gasteiger partial charge < -0.3 is 0 Å². The van der Waals surface area contributed by atoms with E-state index in [2.05, 4.69) is 41.8 Å². The van der Waals surface area contributed by atoms with Crippen LogP contribution in [0.15, 0.2) is 30.5 Å². The van der Waals surface area contributed by atoms with E-state index in [1.54, 1.807) is 0 Å². The number of imidazole rings is 1. The number of aryl methyl sites for hydroxylation is 3. The van der Waals surface area contributed by atoms with Gasteiger partial charge in [0.2, 0.25) is 0 Å². The Balaban J connectivity index is 1.92. The van der Waals surface area contributed by atoms with E-state index in [9.17, 15) is 0 Å². The first kappa shape index (κ1) is 10.3. The summed E-state index contributed by atoms with van der Waals surface area (Å²) in [5, 5.41) is 0. The zero-order valence-electron chi connectivity index (χ0n) is 10.3. The van der Waals surface area contributed by atoms with Crippen molar-refractivity contribution in [2.45, 2.75) is 26.2 Å². The summed E-state index contributed by atoms with van der Waals surface area (Å²) in [6.45, 7) is 2.15. The summed E-state index contributed by atoms with van der Waals surface area (Å²) in [7, 11) is 0. The summed E-state index contributed by atoms with van der Waals surface area (Å²) in [4.78, 5) is 7.48. The first-order valence-corrected chi connectivity index (χ1v) is 7.20. The molecule has 90 valence electrons. The standard InChI is InChI=1S/C15H14N2S/c1-10-5-2-3-6-11(10)12-9-17-13-7-4-8-14(13)18-15(17)16-12/h2-3,5-6,9H,4,7-8H2,1H3. The fourth-order valence-corrected chi connectivity index (χ4v) is 3.98. The van der Waals surface area contributed by atoms with Crippen LogP contribution < -0.4 is 0 Å². The second-order valence-corrected chi connectivity index (χ2v) is 5.98. The Kier molecular flexibility index (Phi) is 2.12. The molecule has 4 rings (SSSR count). The molecule has 2 heterocycles. The highest BCUT2D eigenvalue weighted by molar-refractivity contribution is 7.17. The van der Waals surface area contributed by atoms with E-state index in [1.807, 2.05) is 11.3 Å². The van der Waals surface area contributed by atoms with Crippen LogP contribution in [0.4, 0.5) is 0 Å². The molecule has 0 aliphatic heterocycles. The van der Waals surface area contributed by atoms with Crippen LogP contribution in [0.2, 0.25) is 0 Å². The summed E-state index contributed by atoms with van der Waals surface area (Å²) >= 11 is 1.86. The molecule has 0 fully saturated rings. The third-order valence-corrected chi connectivity index (χ3v) is 4.90. The van der Waals surface area contributed by atoms with Gasteiger partial charge in [-0.2, -0.15) is 0 Å². The monoisotopic (exact) mass is 254 g/mol. The maximum absolute atomic E-state index is 4.79. The predicted octanol–water partition coefficient (Wildman–Crippen LogP) is 3.86. The number of hydrogen-bond acceptors (Lipinski definition) is 2. The molecule has 2 nitrogen and oxygen atoms in total. The molecule has 3 heteroatoms. The number of benzene rings is 1. The number of rotatable bonds is 1. The van der Waals surface area contributed by atoms with Crippen molar-refractivity contribution in [3.8, 4) is 11.3 Å². The van der Waals surface area contributed by atoms with Crippen LogP contribution in [0, 0.1) is 6.92 Å². The molecule has 0 bridgehead atoms. The first-order chi connectivity index (χ1) is 8.83. The van der Waals surface area contributed by atoms with Crippen LogP contribution >= 0.6 is 11.3 Å². The summed E-state index contributed by atoms with van der Waals surface area (Å²) in [5.74, 6) is 0. The second kappa shape index (κ2) is 3.69. The van der Waals surface area contributed by atoms with Crippen LogP contribution in [0.5, 0.6) is 0 Å². The Morgan fingerprint density at radius 1 is 1.22 bits per heavy atom. The highest BCUT2D eigenvalue weighted by Gasteiger charge is 2.19. The lowest BCUT2D eigenvalue weighted by Gasteiger charge is -2.00. The molecule has 0 spiro atoms. The molecule has 0 saturated heterocycles. The Bertz CT molecular complexity index is 736. The highest BCUT2D eigenvalue weighted by atomic mass is 32.1. The van der Waals surface area contributed by atoms with Gasteiger partial charge in [-0.25, -0.2) is 4.98 Å². The summed E-state index contributed by atoms with van der Waals surface area (Å²) in [6, 6.07) is 8.46. The van der Waals surface area contributed by atoms with Gasteiger partial charge >= 0.3 is 0 Å². The van der Waals surface area contributed by atoms with Crippen molar-refractivity contribution in [1.29, 1.82) is 0 Å². The minimum Gasteiger partial charge on any atom is -0.294 e. The average Bonchev–Trinajstić information content (AvgIpc) is 3.00. The number of nitrogens with zero attached hydrogens (tertiary/aromatic N) is 2. The van der Waals surface area contributed by atoms with E-state index in [4.69, 9.17) is 4.98 Å². The van der Waals surface area contributed by atoms with Crippen LogP contribution in [0.3, 0.4) is 0 Å². The molecule has 0 atom stereocenters. The average molecular weight is 254 g/mol. The van der Waals surface area contributed by atoms with Crippen molar-refractivity contribution in [2.75, 3.05) is 0 Å². The SMILES string of the molecule is Cc1ccccc1-c1cn2c3c(sc2n1)CCC3. The van der Waals surface area contributed by atoms with Gasteiger partial charge in [-0.3, -0.25) is 4.40 Å². The van der Waals surface area contributed by atoms with Gasteiger partial charge in [0.1, 0.15) is 0 Å². The number of fused-ring (bicyclic) bond motifs is 3. The molecular weight excluding hydrogens is 240 g/mol. The van der Waals surface area contributed by atoms with Gasteiger partial charge in [-0.15, -0.1) is 11.3 Å². The van der Waals surface area contributed by atoms with Crippen LogP contribution in [-0.4, -0.2) is 9.38 Å². The van der Waals surface area contributed by atoms with Gasteiger partial charge in [0.05, 0.1) is 5.69 Å². The lowest BCUT2D eigenvalue weighted by molar-refractivity contribution is 0.888. The lowest BCUT2D eigenvalue weighted by atomic mass is 10.1. The number of hydrogen-bond donors (Lipinski definition) is 0. The normalized spacial score (nSPS) is 14.3. The molecule has 2 aromatic heterocycles. The molecule has 18 heavy (non-hydrogen) atoms. The molecule has 0 unspecified atom stereocenters. The van der Waals surface area contributed by atoms with Gasteiger partial charge in [0, 0.05) is 22.3 Å². The van der Waals surface area contributed by atoms with Gasteiger partial charge in [0.25, 0.3) is 0 Å². The Labute approximate surface area is 110 Å². The van der Waals surface area contributed by atoms with Crippen LogP contribution in [-0.2, 0) is 12.8 Å². The minimum atomic E-state index is 1.11. The quantitative estimate of drug-likeness (QED) is 0.644. The molecular formula is C15H14N2S. The van der Waals surface area contributed by atoms with Gasteiger partial charge in [-0.1, -0.05) is 24.3 Å². The highest BCUT2D eigenvalue weighted by Crippen LogP contribution is 2.33. The van der Waals surface area contributed by atoms with E-state index in [-0.39, 0.29) is 0 Å². The topological polar surface area (TPSA) is 17.3 Å². The molecule has 1 aliphatic carbocycles. The van der Waals surface area contributed by atoms with E-state index < -0.39 is 0 Å². The summed E-state index contributed by atoms with van der Waals surface area (Å²) in [6.07, 6.45) is 5.95. The fourth-order valence-electron chi connectivity index (χ4n) is 2.79. The third kappa shape index (κ3) is 1.37. The number of thiazole rings is 1. The van der Waals surface area contributed by atoms with E-state index >= 15 is 0 Å². The molecule has 1 aliphatic rings. The van der Waals surface area contributed by atoms with Crippen LogP contribution in [0.25, 0.3) is 16.2 Å². The molecule has 0 radical (unpaired) electrons. The molecule has 0 N–H and O–H groups in total. The zero-order valence-corrected chi connectivity index (χ0v) is 11.1. The van der Waals surface area contributed by atoms with E-state index in [0.29, 0.717) is 0 Å². The van der Waals surface area contributed by atoms with E-state index in [0.717, 1.165) is 10.7 Å². The molecule has 1 aromatic carbocycles. The second-order valence-electron chi connectivity index (χ2n) is 4.92. The first-order valence-electron chi connectivity index (χ1n) is 6.38. The van der Waals surface area contributed by atoms with Crippen molar-refractivity contribution >= 4 is 16.3 Å². The Morgan fingerprint density at radius 3 is 3.00 bits per heavy atom. The fraction of sp³-hybridized carbons (Fsp3) is 0.267. The third-order valence-electron chi connectivity index (χ3n) is 3.74. The van der Waals surface area contributed by atoms with Crippen molar-refractivity contribution in [3.63, 3.8) is 0 Å². The molecule has 3 aromatic rings. The maximum Gasteiger partial charge on any atom is 0.194 e. The zero-order chi connectivity index (χ0) is 12.1. The van der Waals surface area contributed by atoms with Gasteiger partial charge in [-0.05, 0) is 31.7 Å². The Hall–Kier alpha value is -1.61. The summed E-state index contributed by atoms with van der Waals surface area (Å²) in [5.41, 5.74) is 5.14. The van der Waals surface area contributed by atoms with Crippen molar-refractivity contribution < 1.29 is 0 Å². The molecule has 0 amide bonds. The molecule has 0 saturated carbocycles. The van der Waals surface area contributed by atoms with Gasteiger partial charge in [0.15, 0.2) is 4.96 Å². The van der Waals surface area contributed by atoms with Crippen molar-refractivity contribution in [3.05, 3.63) is 46.6 Å².